The molecule has 0 radical (unpaired) electrons. The van der Waals surface area contributed by atoms with Crippen LogP contribution >= 0.6 is 0 Å². The Morgan fingerprint density at radius 1 is 0.371 bits per heavy atom. The maximum absolute atomic E-state index is 7.54. The Morgan fingerprint density at radius 2 is 0.843 bits per heavy atom. The second-order valence-corrected chi connectivity index (χ2v) is 26.8. The molecule has 3 aliphatic heterocycles. The van der Waals surface area contributed by atoms with Crippen LogP contribution in [0.15, 0.2) is 209 Å². The quantitative estimate of drug-likeness (QED) is 0.165. The molecule has 0 spiro atoms. The molecule has 5 nitrogen and oxygen atoms in total. The van der Waals surface area contributed by atoms with Gasteiger partial charge in [0.25, 0.3) is 0 Å². The number of ether oxygens (including phenoxy) is 2. The van der Waals surface area contributed by atoms with E-state index in [1.807, 2.05) is 0 Å². The Kier molecular flexibility index (Phi) is 7.59. The molecule has 70 heavy (non-hydrogen) atoms. The summed E-state index contributed by atoms with van der Waals surface area (Å²) in [5, 5.41) is 9.06. The van der Waals surface area contributed by atoms with E-state index >= 15 is 0 Å². The Morgan fingerprint density at radius 3 is 1.36 bits per heavy atom. The van der Waals surface area contributed by atoms with Gasteiger partial charge in [0, 0.05) is 0 Å². The van der Waals surface area contributed by atoms with Crippen LogP contribution < -0.4 is 32.0 Å². The van der Waals surface area contributed by atoms with E-state index in [0.717, 1.165) is 123 Å². The number of nitrogens with zero attached hydrogens (tertiary/aromatic N) is 1. The van der Waals surface area contributed by atoms with Crippen molar-refractivity contribution >= 4 is 113 Å². The third-order valence-electron chi connectivity index (χ3n) is 15.3. The van der Waals surface area contributed by atoms with Gasteiger partial charge >= 0.3 is 407 Å². The minimum absolute atomic E-state index is 0.863. The fraction of sp³-hybridized carbons (Fsp3) is 0.0312. The Bertz CT molecular complexity index is 4220. The first-order valence-corrected chi connectivity index (χ1v) is 28.1. The van der Waals surface area contributed by atoms with Gasteiger partial charge in [0.1, 0.15) is 0 Å². The Balaban J connectivity index is 1.01. The van der Waals surface area contributed by atoms with Crippen LogP contribution in [0, 0.1) is 13.8 Å². The summed E-state index contributed by atoms with van der Waals surface area (Å²) in [5.74, 6) is 3.55. The van der Waals surface area contributed by atoms with Gasteiger partial charge in [0.15, 0.2) is 0 Å². The van der Waals surface area contributed by atoms with E-state index in [0.29, 0.717) is 0 Å². The maximum atomic E-state index is 7.54. The molecule has 13 aromatic rings. The zero-order chi connectivity index (χ0) is 46.0. The van der Waals surface area contributed by atoms with Gasteiger partial charge in [-0.15, -0.1) is 0 Å². The van der Waals surface area contributed by atoms with Crippen LogP contribution in [-0.4, -0.2) is 13.3 Å². The van der Waals surface area contributed by atoms with Gasteiger partial charge in [-0.2, -0.15) is 0 Å². The van der Waals surface area contributed by atoms with Gasteiger partial charge in [-0.05, 0) is 0 Å². The molecule has 3 aliphatic rings. The predicted octanol–water partition coefficient (Wildman–Crippen LogP) is 15.1. The van der Waals surface area contributed by atoms with Crippen LogP contribution in [0.25, 0.3) is 87.7 Å². The fourth-order valence-electron chi connectivity index (χ4n) is 12.2. The van der Waals surface area contributed by atoms with Crippen LogP contribution in [0.1, 0.15) is 11.1 Å². The van der Waals surface area contributed by atoms with Crippen molar-refractivity contribution in [2.24, 2.45) is 0 Å². The van der Waals surface area contributed by atoms with Crippen LogP contribution in [0.5, 0.6) is 23.0 Å². The van der Waals surface area contributed by atoms with Crippen molar-refractivity contribution < 1.29 is 18.3 Å². The van der Waals surface area contributed by atoms with Crippen molar-refractivity contribution in [2.75, 3.05) is 4.90 Å². The van der Waals surface area contributed by atoms with Crippen molar-refractivity contribution in [3.63, 3.8) is 0 Å². The Labute approximate surface area is 404 Å². The first kappa shape index (κ1) is 38.4. The van der Waals surface area contributed by atoms with Gasteiger partial charge in [0.05, 0.1) is 0 Å². The molecule has 5 heterocycles. The second kappa shape index (κ2) is 13.8. The molecule has 0 bridgehead atoms. The molecule has 0 N–H and O–H groups in total. The molecule has 11 aromatic carbocycles. The third kappa shape index (κ3) is 5.11. The van der Waals surface area contributed by atoms with E-state index < -0.39 is 13.3 Å². The van der Waals surface area contributed by atoms with E-state index in [-0.39, 0.29) is 0 Å². The van der Waals surface area contributed by atoms with E-state index in [1.165, 1.54) is 33.9 Å². The van der Waals surface area contributed by atoms with Crippen molar-refractivity contribution in [1.82, 2.24) is 0 Å². The van der Waals surface area contributed by atoms with E-state index in [9.17, 15) is 0 Å². The molecule has 16 rings (SSSR count). The molecule has 0 saturated carbocycles. The van der Waals surface area contributed by atoms with Gasteiger partial charge < -0.3 is 0 Å². The standard InChI is InChI=1S/C64H39GeNO4/c1-36-16-20-45(21-17-36)66-52-24-22-46(42-18-26-54-48(32-42)50-30-38-10-6-8-12-40(38)34-56(50)67-54)63-60(52)65(44-14-4-3-5-15-44)61-53(66)25-23-47(64(61)70-59-29-37(2)28-58(69-63)62(59)65)43-19-27-55-49(33-43)51-31-39-11-7-9-13-41(39)35-57(51)68-55/h3-35H,1-2H3. The van der Waals surface area contributed by atoms with Crippen LogP contribution in [-0.2, 0) is 0 Å². The Hall–Kier alpha value is -8.52. The van der Waals surface area contributed by atoms with Crippen molar-refractivity contribution in [3.05, 3.63) is 211 Å². The summed E-state index contributed by atoms with van der Waals surface area (Å²) in [5.41, 5.74) is 13.4. The van der Waals surface area contributed by atoms with Gasteiger partial charge in [-0.1, -0.05) is 0 Å². The van der Waals surface area contributed by atoms with E-state index in [4.69, 9.17) is 18.3 Å². The molecule has 0 fully saturated rings. The summed E-state index contributed by atoms with van der Waals surface area (Å²) in [4.78, 5) is 2.46. The minimum atomic E-state index is -4.19. The molecule has 0 aliphatic carbocycles. The zero-order valence-electron chi connectivity index (χ0n) is 38.1. The van der Waals surface area contributed by atoms with E-state index in [1.54, 1.807) is 0 Å². The van der Waals surface area contributed by atoms with Crippen molar-refractivity contribution in [2.45, 2.75) is 13.8 Å². The second-order valence-electron chi connectivity index (χ2n) is 19.3. The number of hydrogen-bond acceptors (Lipinski definition) is 5. The van der Waals surface area contributed by atoms with E-state index in [2.05, 4.69) is 219 Å². The van der Waals surface area contributed by atoms with Gasteiger partial charge in [0.2, 0.25) is 0 Å². The predicted molar refractivity (Wildman–Crippen MR) is 288 cm³/mol. The summed E-state index contributed by atoms with van der Waals surface area (Å²) in [6, 6.07) is 73.1. The first-order valence-electron chi connectivity index (χ1n) is 24.0. The summed E-state index contributed by atoms with van der Waals surface area (Å²) in [6.45, 7) is 4.30. The molecule has 0 amide bonds. The average Bonchev–Trinajstić information content (AvgIpc) is 3.93. The van der Waals surface area contributed by atoms with Crippen LogP contribution in [0.4, 0.5) is 17.1 Å². The topological polar surface area (TPSA) is 48.0 Å². The molecule has 328 valence electrons. The number of aryl methyl sites for hydroxylation is 2. The number of hydrogen-bond donors (Lipinski definition) is 0. The van der Waals surface area contributed by atoms with Gasteiger partial charge in [-0.3, -0.25) is 0 Å². The third-order valence-corrected chi connectivity index (χ3v) is 25.6. The number of furan rings is 2. The SMILES string of the molecule is Cc1ccc(N2c3ccc(-c4ccc5oc6cc7ccccc7cc6c5c4)c4[c]3[Ge]3([c]5ccccc5)[c]5c(cc(C)cc5Oc5c(-c6ccc7oc8cc9ccccc9cc8c7c6)ccc2[c]53)O4)cc1. The van der Waals surface area contributed by atoms with Crippen LogP contribution in [0.2, 0.25) is 0 Å². The molecule has 6 heteroatoms. The summed E-state index contributed by atoms with van der Waals surface area (Å²) in [6.07, 6.45) is 0. The summed E-state index contributed by atoms with van der Waals surface area (Å²) >= 11 is -4.19. The number of benzene rings is 11. The van der Waals surface area contributed by atoms with Gasteiger partial charge in [-0.25, -0.2) is 0 Å². The van der Waals surface area contributed by atoms with Crippen LogP contribution in [0.3, 0.4) is 0 Å². The summed E-state index contributed by atoms with van der Waals surface area (Å²) < 4.78 is 33.2. The first-order chi connectivity index (χ1) is 34.5. The zero-order valence-corrected chi connectivity index (χ0v) is 40.2. The fourth-order valence-corrected chi connectivity index (χ4v) is 23.8. The molecular formula is C64H39GeNO4. The number of anilines is 3. The van der Waals surface area contributed by atoms with Crippen molar-refractivity contribution in [3.8, 4) is 45.3 Å². The normalized spacial score (nSPS) is 13.9. The molecule has 0 saturated heterocycles. The molecule has 2 aromatic heterocycles. The summed E-state index contributed by atoms with van der Waals surface area (Å²) in [7, 11) is 0. The molecule has 0 unspecified atom stereocenters. The molecule has 0 atom stereocenters. The monoisotopic (exact) mass is 959 g/mol. The number of fused-ring (bicyclic) bond motifs is 8. The average molecular weight is 959 g/mol. The molecular weight excluding hydrogens is 919 g/mol. The number of rotatable bonds is 4. The van der Waals surface area contributed by atoms with Crippen molar-refractivity contribution in [1.29, 1.82) is 0 Å².